The summed E-state index contributed by atoms with van der Waals surface area (Å²) in [5.74, 6) is -0.0632. The highest BCUT2D eigenvalue weighted by Crippen LogP contribution is 2.37. The summed E-state index contributed by atoms with van der Waals surface area (Å²) in [5, 5.41) is 5.63. The first-order chi connectivity index (χ1) is 15.5. The number of thioether (sulfide) groups is 1. The van der Waals surface area contributed by atoms with Gasteiger partial charge in [-0.2, -0.15) is 0 Å². The molecule has 2 N–H and O–H groups in total. The number of aryl methyl sites for hydroxylation is 2. The quantitative estimate of drug-likeness (QED) is 0.351. The molecule has 4 nitrogen and oxygen atoms in total. The van der Waals surface area contributed by atoms with E-state index in [1.54, 1.807) is 0 Å². The number of hydrogen-bond donors (Lipinski definition) is 2. The van der Waals surface area contributed by atoms with Crippen LogP contribution in [0.1, 0.15) is 48.1 Å². The minimum atomic E-state index is -0.428. The zero-order valence-electron chi connectivity index (χ0n) is 18.9. The largest absolute Gasteiger partial charge is 0.326 e. The highest BCUT2D eigenvalue weighted by Gasteiger charge is 2.23. The van der Waals surface area contributed by atoms with Crippen molar-refractivity contribution >= 4 is 35.0 Å². The molecule has 1 atom stereocenters. The topological polar surface area (TPSA) is 58.2 Å². The van der Waals surface area contributed by atoms with Crippen molar-refractivity contribution in [3.63, 3.8) is 0 Å². The Labute approximate surface area is 194 Å². The summed E-state index contributed by atoms with van der Waals surface area (Å²) in [6, 6.07) is 23.4. The number of amides is 2. The highest BCUT2D eigenvalue weighted by molar-refractivity contribution is 8.00. The van der Waals surface area contributed by atoms with Gasteiger partial charge in [-0.15, -0.1) is 11.8 Å². The Kier molecular flexibility index (Phi) is 8.51. The van der Waals surface area contributed by atoms with Crippen molar-refractivity contribution in [2.45, 2.75) is 50.2 Å². The average molecular weight is 447 g/mol. The third-order valence-electron chi connectivity index (χ3n) is 5.11. The van der Waals surface area contributed by atoms with Gasteiger partial charge in [0.25, 0.3) is 0 Å². The van der Waals surface area contributed by atoms with Crippen LogP contribution in [-0.4, -0.2) is 11.8 Å². The van der Waals surface area contributed by atoms with Crippen LogP contribution in [0.4, 0.5) is 11.4 Å². The molecule has 0 aromatic heterocycles. The highest BCUT2D eigenvalue weighted by atomic mass is 32.2. The molecule has 0 spiro atoms. The fourth-order valence-electron chi connectivity index (χ4n) is 3.40. The van der Waals surface area contributed by atoms with Crippen LogP contribution in [0.3, 0.4) is 0 Å². The van der Waals surface area contributed by atoms with E-state index in [-0.39, 0.29) is 11.8 Å². The third-order valence-corrected chi connectivity index (χ3v) is 6.36. The van der Waals surface area contributed by atoms with E-state index in [9.17, 15) is 9.59 Å². The summed E-state index contributed by atoms with van der Waals surface area (Å²) in [7, 11) is 0. The maximum absolute atomic E-state index is 13.3. The van der Waals surface area contributed by atoms with E-state index in [2.05, 4.69) is 23.6 Å². The van der Waals surface area contributed by atoms with Gasteiger partial charge in [-0.3, -0.25) is 9.59 Å². The van der Waals surface area contributed by atoms with E-state index in [1.807, 2.05) is 80.6 Å². The van der Waals surface area contributed by atoms with Crippen molar-refractivity contribution in [3.8, 4) is 0 Å². The number of anilines is 2. The van der Waals surface area contributed by atoms with Gasteiger partial charge in [-0.25, -0.2) is 0 Å². The van der Waals surface area contributed by atoms with Crippen molar-refractivity contribution in [3.05, 3.63) is 89.5 Å². The smallest absolute Gasteiger partial charge is 0.242 e. The fraction of sp³-hybridized carbons (Fsp3) is 0.259. The molecule has 0 aliphatic carbocycles. The van der Waals surface area contributed by atoms with E-state index >= 15 is 0 Å². The van der Waals surface area contributed by atoms with Crippen LogP contribution in [0.5, 0.6) is 0 Å². The van der Waals surface area contributed by atoms with Crippen molar-refractivity contribution in [2.24, 2.45) is 0 Å². The molecular formula is C27H30N2O2S. The SMILES string of the molecule is CCCCC(=O)Nc1cccc(SC(C(=O)Nc2ccc(C)cc2C)c2ccccc2)c1. The third kappa shape index (κ3) is 6.72. The Bertz CT molecular complexity index is 1070. The average Bonchev–Trinajstić information content (AvgIpc) is 2.78. The number of rotatable bonds is 9. The van der Waals surface area contributed by atoms with Crippen LogP contribution in [0.25, 0.3) is 0 Å². The maximum Gasteiger partial charge on any atom is 0.242 e. The first-order valence-electron chi connectivity index (χ1n) is 11.0. The normalized spacial score (nSPS) is 11.6. The zero-order valence-corrected chi connectivity index (χ0v) is 19.7. The van der Waals surface area contributed by atoms with Crippen LogP contribution in [-0.2, 0) is 9.59 Å². The summed E-state index contributed by atoms with van der Waals surface area (Å²) in [4.78, 5) is 26.4. The second kappa shape index (κ2) is 11.5. The molecule has 0 radical (unpaired) electrons. The molecule has 3 rings (SSSR count). The van der Waals surface area contributed by atoms with Gasteiger partial charge in [0.05, 0.1) is 0 Å². The lowest BCUT2D eigenvalue weighted by Gasteiger charge is -2.18. The lowest BCUT2D eigenvalue weighted by molar-refractivity contribution is -0.116. The standard InChI is InChI=1S/C27H30N2O2S/c1-4-5-14-25(30)28-22-12-9-13-23(18-22)32-26(21-10-7-6-8-11-21)27(31)29-24-16-15-19(2)17-20(24)3/h6-13,15-18,26H,4-5,14H2,1-3H3,(H,28,30)(H,29,31). The fourth-order valence-corrected chi connectivity index (χ4v) is 4.48. The number of unbranched alkanes of at least 4 members (excludes halogenated alkanes) is 1. The number of hydrogen-bond acceptors (Lipinski definition) is 3. The van der Waals surface area contributed by atoms with Gasteiger partial charge in [0.15, 0.2) is 0 Å². The number of nitrogens with one attached hydrogen (secondary N) is 2. The Morgan fingerprint density at radius 1 is 0.906 bits per heavy atom. The summed E-state index contributed by atoms with van der Waals surface area (Å²) in [5.41, 5.74) is 4.69. The van der Waals surface area contributed by atoms with Crippen LogP contribution >= 0.6 is 11.8 Å². The minimum Gasteiger partial charge on any atom is -0.326 e. The Morgan fingerprint density at radius 2 is 1.69 bits per heavy atom. The first-order valence-corrected chi connectivity index (χ1v) is 11.8. The summed E-state index contributed by atoms with van der Waals surface area (Å²) in [6.45, 7) is 6.10. The molecule has 0 fully saturated rings. The molecule has 0 heterocycles. The van der Waals surface area contributed by atoms with Gasteiger partial charge in [0.1, 0.15) is 5.25 Å². The minimum absolute atomic E-state index is 0.0150. The van der Waals surface area contributed by atoms with E-state index in [0.717, 1.165) is 45.8 Å². The lowest BCUT2D eigenvalue weighted by atomic mass is 10.1. The Morgan fingerprint density at radius 3 is 2.41 bits per heavy atom. The van der Waals surface area contributed by atoms with Crippen molar-refractivity contribution in [1.82, 2.24) is 0 Å². The molecule has 0 bridgehead atoms. The van der Waals surface area contributed by atoms with Crippen LogP contribution in [0.15, 0.2) is 77.7 Å². The molecule has 1 unspecified atom stereocenters. The number of carbonyl (C=O) groups excluding carboxylic acids is 2. The molecule has 166 valence electrons. The number of carbonyl (C=O) groups is 2. The molecule has 3 aromatic carbocycles. The number of benzene rings is 3. The summed E-state index contributed by atoms with van der Waals surface area (Å²) < 4.78 is 0. The molecule has 3 aromatic rings. The van der Waals surface area contributed by atoms with E-state index in [1.165, 1.54) is 11.8 Å². The molecular weight excluding hydrogens is 416 g/mol. The zero-order chi connectivity index (χ0) is 22.9. The van der Waals surface area contributed by atoms with Crippen molar-refractivity contribution in [1.29, 1.82) is 0 Å². The predicted octanol–water partition coefficient (Wildman–Crippen LogP) is 6.90. The van der Waals surface area contributed by atoms with Gasteiger partial charge in [-0.1, -0.05) is 67.4 Å². The Hall–Kier alpha value is -3.05. The van der Waals surface area contributed by atoms with Gasteiger partial charge >= 0.3 is 0 Å². The van der Waals surface area contributed by atoms with Crippen molar-refractivity contribution < 1.29 is 9.59 Å². The molecule has 0 aliphatic rings. The molecule has 0 aliphatic heterocycles. The maximum atomic E-state index is 13.3. The predicted molar refractivity (Wildman–Crippen MR) is 134 cm³/mol. The molecule has 0 saturated carbocycles. The summed E-state index contributed by atoms with van der Waals surface area (Å²) in [6.07, 6.45) is 2.37. The Balaban J connectivity index is 1.80. The second-order valence-electron chi connectivity index (χ2n) is 7.90. The van der Waals surface area contributed by atoms with Gasteiger partial charge in [0, 0.05) is 22.7 Å². The first kappa shape index (κ1) is 23.6. The van der Waals surface area contributed by atoms with Crippen LogP contribution in [0, 0.1) is 13.8 Å². The molecule has 0 saturated heterocycles. The summed E-state index contributed by atoms with van der Waals surface area (Å²) >= 11 is 1.47. The van der Waals surface area contributed by atoms with E-state index in [4.69, 9.17) is 0 Å². The monoisotopic (exact) mass is 446 g/mol. The van der Waals surface area contributed by atoms with Gasteiger partial charge < -0.3 is 10.6 Å². The van der Waals surface area contributed by atoms with Gasteiger partial charge in [0.2, 0.25) is 11.8 Å². The second-order valence-corrected chi connectivity index (χ2v) is 9.07. The van der Waals surface area contributed by atoms with Crippen LogP contribution in [0.2, 0.25) is 0 Å². The molecule has 5 heteroatoms. The van der Waals surface area contributed by atoms with E-state index in [0.29, 0.717) is 6.42 Å². The van der Waals surface area contributed by atoms with Crippen LogP contribution < -0.4 is 10.6 Å². The van der Waals surface area contributed by atoms with Gasteiger partial charge in [-0.05, 0) is 55.7 Å². The molecule has 32 heavy (non-hydrogen) atoms. The van der Waals surface area contributed by atoms with Crippen molar-refractivity contribution in [2.75, 3.05) is 10.6 Å². The van der Waals surface area contributed by atoms with E-state index < -0.39 is 5.25 Å². The molecule has 2 amide bonds. The lowest BCUT2D eigenvalue weighted by Crippen LogP contribution is -2.19.